The molecule has 0 aliphatic heterocycles. The van der Waals surface area contributed by atoms with E-state index >= 15 is 0 Å². The van der Waals surface area contributed by atoms with Crippen molar-refractivity contribution in [2.75, 3.05) is 0 Å². The summed E-state index contributed by atoms with van der Waals surface area (Å²) in [5.74, 6) is 0.327. The van der Waals surface area contributed by atoms with Gasteiger partial charge in [0, 0.05) is 17.5 Å². The van der Waals surface area contributed by atoms with Gasteiger partial charge in [-0.25, -0.2) is 4.79 Å². The van der Waals surface area contributed by atoms with Crippen molar-refractivity contribution < 1.29 is 14.5 Å². The van der Waals surface area contributed by atoms with E-state index in [1.54, 1.807) is 4.90 Å². The molecule has 5 nitrogen and oxygen atoms in total. The highest BCUT2D eigenvalue weighted by Crippen LogP contribution is 2.33. The molecule has 1 aliphatic rings. The largest absolute Gasteiger partial charge is 0.591 e. The van der Waals surface area contributed by atoms with Gasteiger partial charge in [-0.2, -0.15) is 0 Å². The van der Waals surface area contributed by atoms with Crippen molar-refractivity contribution in [1.29, 1.82) is 0 Å². The molecule has 0 heterocycles. The first-order valence-electron chi connectivity index (χ1n) is 8.89. The number of nitrogens with zero attached hydrogens (tertiary/aromatic N) is 2. The van der Waals surface area contributed by atoms with E-state index in [4.69, 9.17) is 0 Å². The summed E-state index contributed by atoms with van der Waals surface area (Å²) in [6.07, 6.45) is 3.48. The predicted molar refractivity (Wildman–Crippen MR) is 101 cm³/mol. The Morgan fingerprint density at radius 1 is 1.17 bits per heavy atom. The van der Waals surface area contributed by atoms with E-state index in [0.717, 1.165) is 37.8 Å². The zero-order valence-electron chi connectivity index (χ0n) is 16.3. The average molecular weight is 359 g/mol. The van der Waals surface area contributed by atoms with Crippen molar-refractivity contribution in [3.63, 3.8) is 0 Å². The summed E-state index contributed by atoms with van der Waals surface area (Å²) < 4.78 is 16.5. The van der Waals surface area contributed by atoms with Crippen LogP contribution < -0.4 is 0 Å². The Kier molecular flexibility index (Phi) is 7.17. The van der Waals surface area contributed by atoms with Crippen LogP contribution in [0.5, 0.6) is 0 Å². The Bertz CT molecular complexity index is 458. The second kappa shape index (κ2) is 8.09. The number of hydrogen-bond acceptors (Lipinski definition) is 3. The third kappa shape index (κ3) is 5.66. The topological polar surface area (TPSA) is 76.0 Å². The lowest BCUT2D eigenvalue weighted by molar-refractivity contribution is 0.0540. The van der Waals surface area contributed by atoms with Gasteiger partial charge in [0.25, 0.3) is 0 Å². The summed E-state index contributed by atoms with van der Waals surface area (Å²) in [7, 11) is 0. The number of carbonyl (C=O) groups is 1. The van der Waals surface area contributed by atoms with Crippen molar-refractivity contribution in [3.8, 4) is 0 Å². The molecule has 24 heavy (non-hydrogen) atoms. The molecule has 1 N–H and O–H groups in total. The number of carboxylic acid groups (broad SMARTS) is 1. The van der Waals surface area contributed by atoms with Gasteiger partial charge in [-0.3, -0.25) is 0 Å². The van der Waals surface area contributed by atoms with Gasteiger partial charge in [-0.1, -0.05) is 11.3 Å². The molecule has 0 radical (unpaired) electrons. The number of rotatable bonds is 4. The van der Waals surface area contributed by atoms with Crippen LogP contribution in [0.15, 0.2) is 4.40 Å². The van der Waals surface area contributed by atoms with Crippen molar-refractivity contribution in [2.24, 2.45) is 10.3 Å². The molecule has 140 valence electrons. The molecule has 1 amide bonds. The fourth-order valence-corrected chi connectivity index (χ4v) is 4.09. The standard InChI is InChI=1S/C18H34N2O3S/c1-8-15(19-24(23)18(5,6)7)13-9-11-14(12-10-13)20(16(21)22)17(2,3)4/h13-14H,8-12H2,1-7H3,(H,21,22). The molecule has 1 fully saturated rings. The minimum Gasteiger partial charge on any atom is -0.591 e. The molecule has 1 atom stereocenters. The highest BCUT2D eigenvalue weighted by molar-refractivity contribution is 7.91. The summed E-state index contributed by atoms with van der Waals surface area (Å²) in [6, 6.07) is 0.0602. The van der Waals surface area contributed by atoms with Crippen LogP contribution in [0.4, 0.5) is 4.79 Å². The summed E-state index contributed by atoms with van der Waals surface area (Å²) >= 11 is -1.22. The van der Waals surface area contributed by atoms with E-state index in [1.165, 1.54) is 0 Å². The van der Waals surface area contributed by atoms with Crippen LogP contribution in [0.25, 0.3) is 0 Å². The first kappa shape index (κ1) is 21.3. The lowest BCUT2D eigenvalue weighted by Gasteiger charge is -2.42. The molecule has 0 aromatic rings. The van der Waals surface area contributed by atoms with E-state index in [9.17, 15) is 14.5 Å². The zero-order valence-corrected chi connectivity index (χ0v) is 17.1. The monoisotopic (exact) mass is 358 g/mol. The van der Waals surface area contributed by atoms with Crippen LogP contribution in [0.3, 0.4) is 0 Å². The lowest BCUT2D eigenvalue weighted by atomic mass is 9.81. The molecule has 0 spiro atoms. The zero-order chi connectivity index (χ0) is 18.7. The molecule has 1 aliphatic carbocycles. The Labute approximate surface area is 150 Å². The van der Waals surface area contributed by atoms with Gasteiger partial charge in [-0.05, 0) is 73.6 Å². The molecular weight excluding hydrogens is 324 g/mol. The molecule has 1 rings (SSSR count). The molecular formula is C18H34N2O3S. The third-order valence-corrected chi connectivity index (χ3v) is 6.00. The maximum Gasteiger partial charge on any atom is 0.407 e. The van der Waals surface area contributed by atoms with Crippen LogP contribution in [-0.2, 0) is 11.4 Å². The first-order valence-corrected chi connectivity index (χ1v) is 10.00. The number of amides is 1. The van der Waals surface area contributed by atoms with Crippen LogP contribution in [0.2, 0.25) is 0 Å². The Hall–Kier alpha value is -0.750. The molecule has 0 bridgehead atoms. The predicted octanol–water partition coefficient (Wildman–Crippen LogP) is 4.64. The van der Waals surface area contributed by atoms with Crippen LogP contribution in [0.1, 0.15) is 80.6 Å². The Morgan fingerprint density at radius 3 is 2.00 bits per heavy atom. The summed E-state index contributed by atoms with van der Waals surface area (Å²) in [4.78, 5) is 13.2. The molecule has 1 unspecified atom stereocenters. The van der Waals surface area contributed by atoms with Gasteiger partial charge in [0.05, 0.1) is 5.71 Å². The van der Waals surface area contributed by atoms with E-state index in [-0.39, 0.29) is 10.8 Å². The highest BCUT2D eigenvalue weighted by Gasteiger charge is 2.37. The Balaban J connectivity index is 2.79. The van der Waals surface area contributed by atoms with Gasteiger partial charge >= 0.3 is 6.09 Å². The average Bonchev–Trinajstić information content (AvgIpc) is 2.42. The van der Waals surface area contributed by atoms with Gasteiger partial charge in [0.1, 0.15) is 16.1 Å². The van der Waals surface area contributed by atoms with Crippen molar-refractivity contribution in [2.45, 2.75) is 96.9 Å². The lowest BCUT2D eigenvalue weighted by Crippen LogP contribution is -2.52. The SMILES string of the molecule is CCC(=N[S+]([O-])C(C)(C)C)C1CCC(N(C(=O)O)C(C)(C)C)CC1. The van der Waals surface area contributed by atoms with Crippen LogP contribution in [0, 0.1) is 5.92 Å². The van der Waals surface area contributed by atoms with Crippen molar-refractivity contribution >= 4 is 23.2 Å². The van der Waals surface area contributed by atoms with E-state index in [0.29, 0.717) is 5.92 Å². The van der Waals surface area contributed by atoms with E-state index in [1.807, 2.05) is 41.5 Å². The van der Waals surface area contributed by atoms with Crippen molar-refractivity contribution in [1.82, 2.24) is 4.90 Å². The van der Waals surface area contributed by atoms with Gasteiger partial charge in [0.15, 0.2) is 0 Å². The van der Waals surface area contributed by atoms with Gasteiger partial charge in [-0.15, -0.1) is 0 Å². The van der Waals surface area contributed by atoms with E-state index < -0.39 is 23.0 Å². The van der Waals surface area contributed by atoms with E-state index in [2.05, 4.69) is 11.3 Å². The third-order valence-electron chi connectivity index (χ3n) is 4.55. The highest BCUT2D eigenvalue weighted by atomic mass is 32.2. The summed E-state index contributed by atoms with van der Waals surface area (Å²) in [5.41, 5.74) is 0.637. The molecule has 0 aromatic heterocycles. The fourth-order valence-electron chi connectivity index (χ4n) is 3.33. The smallest absolute Gasteiger partial charge is 0.407 e. The number of hydrogen-bond donors (Lipinski definition) is 1. The molecule has 0 aromatic carbocycles. The summed E-state index contributed by atoms with van der Waals surface area (Å²) in [5, 5.41) is 9.55. The molecule has 6 heteroatoms. The van der Waals surface area contributed by atoms with Crippen molar-refractivity contribution in [3.05, 3.63) is 0 Å². The quantitative estimate of drug-likeness (QED) is 0.587. The van der Waals surface area contributed by atoms with Gasteiger partial charge < -0.3 is 14.6 Å². The summed E-state index contributed by atoms with van der Waals surface area (Å²) in [6.45, 7) is 13.7. The normalized spacial score (nSPS) is 24.6. The minimum atomic E-state index is -1.22. The maximum atomic E-state index is 12.3. The second-order valence-corrected chi connectivity index (χ2v) is 10.5. The fraction of sp³-hybridized carbons (Fsp3) is 0.889. The maximum absolute atomic E-state index is 12.3. The molecule has 1 saturated carbocycles. The minimum absolute atomic E-state index is 0.0602. The molecule has 0 saturated heterocycles. The second-order valence-electron chi connectivity index (χ2n) is 8.63. The van der Waals surface area contributed by atoms with Gasteiger partial charge in [0.2, 0.25) is 0 Å². The van der Waals surface area contributed by atoms with Crippen LogP contribution in [-0.4, -0.2) is 42.7 Å². The first-order chi connectivity index (χ1) is 10.9. The van der Waals surface area contributed by atoms with Crippen LogP contribution >= 0.6 is 0 Å². The Morgan fingerprint density at radius 2 is 1.67 bits per heavy atom.